The van der Waals surface area contributed by atoms with Crippen molar-refractivity contribution in [2.24, 2.45) is 5.11 Å². The van der Waals surface area contributed by atoms with Gasteiger partial charge in [0.05, 0.1) is 0 Å². The molecule has 0 fully saturated rings. The minimum atomic E-state index is 0.434. The standard InChI is InChI=1S/C6H9N3O/c1-6(5-10)3-2-4-8-9-7/h5H,1-4H2. The van der Waals surface area contributed by atoms with E-state index in [9.17, 15) is 4.79 Å². The van der Waals surface area contributed by atoms with Crippen molar-refractivity contribution in [3.63, 3.8) is 0 Å². The molecule has 0 aromatic heterocycles. The highest BCUT2D eigenvalue weighted by Gasteiger charge is 1.89. The van der Waals surface area contributed by atoms with E-state index in [4.69, 9.17) is 5.53 Å². The van der Waals surface area contributed by atoms with Crippen LogP contribution in [0, 0.1) is 0 Å². The summed E-state index contributed by atoms with van der Waals surface area (Å²) in [6.07, 6.45) is 2.03. The number of hydrogen-bond acceptors (Lipinski definition) is 2. The zero-order chi connectivity index (χ0) is 7.82. The fourth-order valence-corrected chi connectivity index (χ4v) is 0.480. The molecule has 0 unspecified atom stereocenters. The van der Waals surface area contributed by atoms with Gasteiger partial charge in [-0.25, -0.2) is 0 Å². The second-order valence-corrected chi connectivity index (χ2v) is 1.83. The van der Waals surface area contributed by atoms with Gasteiger partial charge in [-0.3, -0.25) is 4.79 Å². The summed E-state index contributed by atoms with van der Waals surface area (Å²) in [5.41, 5.74) is 8.40. The number of carbonyl (C=O) groups excluding carboxylic acids is 1. The lowest BCUT2D eigenvalue weighted by Crippen LogP contribution is -1.84. The average Bonchev–Trinajstić information content (AvgIpc) is 1.98. The van der Waals surface area contributed by atoms with Gasteiger partial charge in [0, 0.05) is 11.5 Å². The Morgan fingerprint density at radius 3 is 3.00 bits per heavy atom. The summed E-state index contributed by atoms with van der Waals surface area (Å²) in [7, 11) is 0. The summed E-state index contributed by atoms with van der Waals surface area (Å²) < 4.78 is 0. The summed E-state index contributed by atoms with van der Waals surface area (Å²) in [6.45, 7) is 3.90. The lowest BCUT2D eigenvalue weighted by Gasteiger charge is -1.91. The van der Waals surface area contributed by atoms with Gasteiger partial charge in [-0.1, -0.05) is 11.7 Å². The van der Waals surface area contributed by atoms with Crippen LogP contribution >= 0.6 is 0 Å². The molecule has 0 aliphatic rings. The fourth-order valence-electron chi connectivity index (χ4n) is 0.480. The minimum absolute atomic E-state index is 0.434. The van der Waals surface area contributed by atoms with E-state index in [-0.39, 0.29) is 0 Å². The second kappa shape index (κ2) is 5.85. The van der Waals surface area contributed by atoms with Gasteiger partial charge in [-0.05, 0) is 23.9 Å². The predicted molar refractivity (Wildman–Crippen MR) is 38.5 cm³/mol. The van der Waals surface area contributed by atoms with Crippen LogP contribution in [0.2, 0.25) is 0 Å². The third-order valence-corrected chi connectivity index (χ3v) is 0.986. The Bertz CT molecular complexity index is 170. The zero-order valence-corrected chi connectivity index (χ0v) is 5.66. The molecule has 0 atom stereocenters. The molecule has 0 aliphatic heterocycles. The SMILES string of the molecule is C=C(C=O)CCCN=[N+]=[N-]. The van der Waals surface area contributed by atoms with Gasteiger partial charge < -0.3 is 0 Å². The largest absolute Gasteiger partial charge is 0.298 e. The number of hydrogen-bond donors (Lipinski definition) is 0. The highest BCUT2D eigenvalue weighted by atomic mass is 16.1. The molecule has 0 saturated carbocycles. The van der Waals surface area contributed by atoms with Crippen LogP contribution in [-0.2, 0) is 4.79 Å². The van der Waals surface area contributed by atoms with E-state index in [0.29, 0.717) is 25.0 Å². The summed E-state index contributed by atoms with van der Waals surface area (Å²) in [4.78, 5) is 12.5. The molecule has 10 heavy (non-hydrogen) atoms. The first-order valence-electron chi connectivity index (χ1n) is 2.95. The molecule has 0 aliphatic carbocycles. The molecule has 0 saturated heterocycles. The quantitative estimate of drug-likeness (QED) is 0.143. The van der Waals surface area contributed by atoms with Gasteiger partial charge in [-0.2, -0.15) is 0 Å². The maximum atomic E-state index is 9.97. The van der Waals surface area contributed by atoms with Crippen molar-refractivity contribution in [3.05, 3.63) is 22.6 Å². The van der Waals surface area contributed by atoms with Crippen molar-refractivity contribution in [2.75, 3.05) is 6.54 Å². The molecule has 0 aromatic rings. The third-order valence-electron chi connectivity index (χ3n) is 0.986. The average molecular weight is 139 g/mol. The number of allylic oxidation sites excluding steroid dienone is 1. The van der Waals surface area contributed by atoms with Crippen molar-refractivity contribution in [3.8, 4) is 0 Å². The normalized spacial score (nSPS) is 8.00. The summed E-state index contributed by atoms with van der Waals surface area (Å²) in [5.74, 6) is 0. The maximum absolute atomic E-state index is 9.97. The van der Waals surface area contributed by atoms with Crippen molar-refractivity contribution >= 4 is 6.29 Å². The third kappa shape index (κ3) is 4.87. The Kier molecular flexibility index (Phi) is 5.10. The number of azide groups is 1. The zero-order valence-electron chi connectivity index (χ0n) is 5.66. The van der Waals surface area contributed by atoms with Gasteiger partial charge in [0.2, 0.25) is 0 Å². The smallest absolute Gasteiger partial charge is 0.145 e. The van der Waals surface area contributed by atoms with Gasteiger partial charge in [0.25, 0.3) is 0 Å². The molecule has 54 valence electrons. The van der Waals surface area contributed by atoms with Crippen LogP contribution in [0.5, 0.6) is 0 Å². The van der Waals surface area contributed by atoms with Gasteiger partial charge in [-0.15, -0.1) is 0 Å². The topological polar surface area (TPSA) is 65.8 Å². The summed E-state index contributed by atoms with van der Waals surface area (Å²) >= 11 is 0. The molecule has 0 spiro atoms. The van der Waals surface area contributed by atoms with Crippen LogP contribution in [0.25, 0.3) is 10.4 Å². The van der Waals surface area contributed by atoms with Crippen LogP contribution in [0.1, 0.15) is 12.8 Å². The molecule has 0 bridgehead atoms. The first-order valence-corrected chi connectivity index (χ1v) is 2.95. The Morgan fingerprint density at radius 1 is 1.80 bits per heavy atom. The maximum Gasteiger partial charge on any atom is 0.145 e. The Balaban J connectivity index is 3.27. The van der Waals surface area contributed by atoms with Crippen LogP contribution in [0.15, 0.2) is 17.3 Å². The lowest BCUT2D eigenvalue weighted by atomic mass is 10.2. The molecular formula is C6H9N3O. The summed E-state index contributed by atoms with van der Waals surface area (Å²) in [5, 5.41) is 3.30. The number of rotatable bonds is 5. The monoisotopic (exact) mass is 139 g/mol. The summed E-state index contributed by atoms with van der Waals surface area (Å²) in [6, 6.07) is 0. The van der Waals surface area contributed by atoms with E-state index >= 15 is 0 Å². The molecule has 4 heteroatoms. The molecule has 0 N–H and O–H groups in total. The fraction of sp³-hybridized carbons (Fsp3) is 0.500. The molecule has 0 aromatic carbocycles. The molecule has 0 radical (unpaired) electrons. The van der Waals surface area contributed by atoms with Crippen molar-refractivity contribution in [1.29, 1.82) is 0 Å². The first kappa shape index (κ1) is 8.72. The highest BCUT2D eigenvalue weighted by Crippen LogP contribution is 1.98. The van der Waals surface area contributed by atoms with Crippen molar-refractivity contribution in [1.82, 2.24) is 0 Å². The molecule has 4 nitrogen and oxygen atoms in total. The van der Waals surface area contributed by atoms with Crippen LogP contribution in [0.4, 0.5) is 0 Å². The first-order chi connectivity index (χ1) is 4.81. The lowest BCUT2D eigenvalue weighted by molar-refractivity contribution is -0.105. The van der Waals surface area contributed by atoms with Crippen LogP contribution in [0.3, 0.4) is 0 Å². The van der Waals surface area contributed by atoms with Crippen molar-refractivity contribution < 1.29 is 4.79 Å². The predicted octanol–water partition coefficient (Wildman–Crippen LogP) is 1.83. The number of aldehydes is 1. The highest BCUT2D eigenvalue weighted by molar-refractivity contribution is 5.71. The van der Waals surface area contributed by atoms with E-state index in [2.05, 4.69) is 16.6 Å². The number of nitrogens with zero attached hydrogens (tertiary/aromatic N) is 3. The molecule has 0 rings (SSSR count). The van der Waals surface area contributed by atoms with E-state index < -0.39 is 0 Å². The van der Waals surface area contributed by atoms with Gasteiger partial charge >= 0.3 is 0 Å². The Morgan fingerprint density at radius 2 is 2.50 bits per heavy atom. The number of carbonyl (C=O) groups is 1. The van der Waals surface area contributed by atoms with Crippen LogP contribution in [-0.4, -0.2) is 12.8 Å². The van der Waals surface area contributed by atoms with E-state index in [1.54, 1.807) is 0 Å². The van der Waals surface area contributed by atoms with Crippen molar-refractivity contribution in [2.45, 2.75) is 12.8 Å². The van der Waals surface area contributed by atoms with Crippen LogP contribution < -0.4 is 0 Å². The Hall–Kier alpha value is -1.28. The molecular weight excluding hydrogens is 130 g/mol. The molecule has 0 amide bonds. The van der Waals surface area contributed by atoms with E-state index in [0.717, 1.165) is 6.29 Å². The molecule has 0 heterocycles. The second-order valence-electron chi connectivity index (χ2n) is 1.83. The Labute approximate surface area is 59.2 Å². The minimum Gasteiger partial charge on any atom is -0.298 e. The van der Waals surface area contributed by atoms with E-state index in [1.165, 1.54) is 0 Å². The van der Waals surface area contributed by atoms with Gasteiger partial charge in [0.15, 0.2) is 0 Å². The van der Waals surface area contributed by atoms with Gasteiger partial charge in [0.1, 0.15) is 6.29 Å². The van der Waals surface area contributed by atoms with E-state index in [1.807, 2.05) is 0 Å².